The molecule has 1 aromatic carbocycles. The average molecular weight is 336 g/mol. The van der Waals surface area contributed by atoms with Crippen LogP contribution < -0.4 is 0 Å². The van der Waals surface area contributed by atoms with Gasteiger partial charge < -0.3 is 4.90 Å². The normalized spacial score (nSPS) is 22.0. The molecule has 0 saturated carbocycles. The van der Waals surface area contributed by atoms with Crippen LogP contribution in [0.2, 0.25) is 0 Å². The van der Waals surface area contributed by atoms with Gasteiger partial charge in [-0.25, -0.2) is 8.42 Å². The molecule has 0 bridgehead atoms. The highest BCUT2D eigenvalue weighted by molar-refractivity contribution is 7.89. The van der Waals surface area contributed by atoms with Crippen LogP contribution in [-0.4, -0.2) is 49.7 Å². The Morgan fingerprint density at radius 2 is 1.83 bits per heavy atom. The second kappa shape index (κ2) is 5.91. The van der Waals surface area contributed by atoms with Crippen LogP contribution in [0, 0.1) is 12.3 Å². The molecule has 126 valence electrons. The first-order chi connectivity index (χ1) is 10.9. The van der Waals surface area contributed by atoms with Crippen LogP contribution in [0.25, 0.3) is 0 Å². The molecule has 0 aromatic heterocycles. The lowest BCUT2D eigenvalue weighted by atomic mass is 9.78. The number of aryl methyl sites for hydroxylation is 1. The summed E-state index contributed by atoms with van der Waals surface area (Å²) < 4.78 is 27.3. The summed E-state index contributed by atoms with van der Waals surface area (Å²) >= 11 is 0. The minimum absolute atomic E-state index is 0.0230. The summed E-state index contributed by atoms with van der Waals surface area (Å²) in [6, 6.07) is 7.11. The summed E-state index contributed by atoms with van der Waals surface area (Å²) in [5, 5.41) is 0. The van der Waals surface area contributed by atoms with Gasteiger partial charge in [-0.3, -0.25) is 4.79 Å². The second-order valence-electron chi connectivity index (χ2n) is 6.75. The van der Waals surface area contributed by atoms with Gasteiger partial charge in [0.15, 0.2) is 0 Å². The van der Waals surface area contributed by atoms with Gasteiger partial charge in [0.05, 0.1) is 4.90 Å². The Morgan fingerprint density at radius 1 is 1.17 bits per heavy atom. The maximum Gasteiger partial charge on any atom is 0.243 e. The molecule has 2 aliphatic rings. The van der Waals surface area contributed by atoms with Crippen LogP contribution >= 0.6 is 0 Å². The number of rotatable bonds is 3. The van der Waals surface area contributed by atoms with Crippen LogP contribution in [0.5, 0.6) is 0 Å². The van der Waals surface area contributed by atoms with E-state index in [1.165, 1.54) is 0 Å². The maximum atomic E-state index is 12.8. The van der Waals surface area contributed by atoms with Gasteiger partial charge in [-0.1, -0.05) is 18.2 Å². The lowest BCUT2D eigenvalue weighted by Gasteiger charge is -2.38. The van der Waals surface area contributed by atoms with Crippen molar-refractivity contribution in [1.29, 1.82) is 0 Å². The molecular formula is C17H24N2O3S. The second-order valence-corrected chi connectivity index (χ2v) is 8.66. The summed E-state index contributed by atoms with van der Waals surface area (Å²) in [6.45, 7) is 6.34. The van der Waals surface area contributed by atoms with Crippen molar-refractivity contribution < 1.29 is 13.2 Å². The number of amides is 1. The third-order valence-corrected chi connectivity index (χ3v) is 7.34. The first kappa shape index (κ1) is 16.5. The highest BCUT2D eigenvalue weighted by Crippen LogP contribution is 2.42. The number of hydrogen-bond acceptors (Lipinski definition) is 3. The molecule has 0 N–H and O–H groups in total. The van der Waals surface area contributed by atoms with Crippen molar-refractivity contribution in [2.45, 2.75) is 38.0 Å². The predicted molar refractivity (Wildman–Crippen MR) is 88.5 cm³/mol. The van der Waals surface area contributed by atoms with Crippen molar-refractivity contribution in [3.05, 3.63) is 29.8 Å². The predicted octanol–water partition coefficient (Wildman–Crippen LogP) is 2.02. The number of nitrogens with zero attached hydrogens (tertiary/aromatic N) is 2. The topological polar surface area (TPSA) is 57.7 Å². The van der Waals surface area contributed by atoms with Crippen LogP contribution in [0.15, 0.2) is 29.2 Å². The van der Waals surface area contributed by atoms with Crippen LogP contribution in [0.4, 0.5) is 0 Å². The minimum atomic E-state index is -3.44. The van der Waals surface area contributed by atoms with Crippen LogP contribution in [0.3, 0.4) is 0 Å². The van der Waals surface area contributed by atoms with Gasteiger partial charge in [-0.2, -0.15) is 4.31 Å². The van der Waals surface area contributed by atoms with E-state index in [4.69, 9.17) is 0 Å². The van der Waals surface area contributed by atoms with E-state index < -0.39 is 10.0 Å². The Bertz CT molecular complexity index is 706. The third kappa shape index (κ3) is 2.90. The highest BCUT2D eigenvalue weighted by Gasteiger charge is 2.46. The van der Waals surface area contributed by atoms with Crippen molar-refractivity contribution in [1.82, 2.24) is 9.21 Å². The van der Waals surface area contributed by atoms with E-state index in [1.54, 1.807) is 16.4 Å². The molecule has 2 saturated heterocycles. The summed E-state index contributed by atoms with van der Waals surface area (Å²) in [4.78, 5) is 14.3. The molecule has 1 aromatic rings. The number of carbonyl (C=O) groups excluding carboxylic acids is 1. The molecule has 2 fully saturated rings. The number of sulfonamides is 1. The fourth-order valence-corrected chi connectivity index (χ4v) is 5.46. The number of benzene rings is 1. The number of carbonyl (C=O) groups is 1. The highest BCUT2D eigenvalue weighted by atomic mass is 32.2. The van der Waals surface area contributed by atoms with Gasteiger partial charge >= 0.3 is 0 Å². The molecule has 0 aliphatic carbocycles. The zero-order valence-electron chi connectivity index (χ0n) is 13.8. The summed E-state index contributed by atoms with van der Waals surface area (Å²) in [6.07, 6.45) is 2.10. The number of likely N-dealkylation sites (tertiary alicyclic amines) is 1. The molecule has 5 nitrogen and oxygen atoms in total. The van der Waals surface area contributed by atoms with Crippen molar-refractivity contribution >= 4 is 15.9 Å². The summed E-state index contributed by atoms with van der Waals surface area (Å²) in [5.41, 5.74) is 0.756. The largest absolute Gasteiger partial charge is 0.342 e. The molecule has 0 unspecified atom stereocenters. The van der Waals surface area contributed by atoms with Gasteiger partial charge in [-0.05, 0) is 43.7 Å². The molecule has 0 atom stereocenters. The fraction of sp³-hybridized carbons (Fsp3) is 0.588. The fourth-order valence-electron chi connectivity index (χ4n) is 3.79. The van der Waals surface area contributed by atoms with Crippen molar-refractivity contribution in [2.75, 3.05) is 26.2 Å². The monoisotopic (exact) mass is 336 g/mol. The first-order valence-corrected chi connectivity index (χ1v) is 9.65. The van der Waals surface area contributed by atoms with E-state index in [9.17, 15) is 13.2 Å². The van der Waals surface area contributed by atoms with Gasteiger partial charge in [-0.15, -0.1) is 0 Å². The summed E-state index contributed by atoms with van der Waals surface area (Å²) in [7, 11) is -3.44. The molecule has 2 aliphatic heterocycles. The van der Waals surface area contributed by atoms with Crippen molar-refractivity contribution in [3.63, 3.8) is 0 Å². The minimum Gasteiger partial charge on any atom is -0.342 e. The summed E-state index contributed by atoms with van der Waals surface area (Å²) in [5.74, 6) is 0.211. The smallest absolute Gasteiger partial charge is 0.243 e. The van der Waals surface area contributed by atoms with Gasteiger partial charge in [0.2, 0.25) is 15.9 Å². The standard InChI is InChI=1S/C17H24N2O3S/c1-3-18-13-17(12-16(18)20)8-10-19(11-9-17)23(21,22)15-7-5-4-6-14(15)2/h4-7H,3,8-13H2,1-2H3. The van der Waals surface area contributed by atoms with Crippen LogP contribution in [0.1, 0.15) is 31.7 Å². The molecule has 1 amide bonds. The molecular weight excluding hydrogens is 312 g/mol. The van der Waals surface area contributed by atoms with E-state index in [0.29, 0.717) is 24.4 Å². The van der Waals surface area contributed by atoms with Gasteiger partial charge in [0.25, 0.3) is 0 Å². The molecule has 0 radical (unpaired) electrons. The maximum absolute atomic E-state index is 12.8. The van der Waals surface area contributed by atoms with E-state index in [-0.39, 0.29) is 11.3 Å². The Morgan fingerprint density at radius 3 is 2.39 bits per heavy atom. The molecule has 1 spiro atoms. The van der Waals surface area contributed by atoms with E-state index in [0.717, 1.165) is 31.5 Å². The lowest BCUT2D eigenvalue weighted by molar-refractivity contribution is -0.127. The lowest BCUT2D eigenvalue weighted by Crippen LogP contribution is -2.44. The van der Waals surface area contributed by atoms with Gasteiger partial charge in [0, 0.05) is 32.6 Å². The van der Waals surface area contributed by atoms with Crippen LogP contribution in [-0.2, 0) is 14.8 Å². The number of hydrogen-bond donors (Lipinski definition) is 0. The molecule has 6 heteroatoms. The Balaban J connectivity index is 1.75. The zero-order valence-corrected chi connectivity index (χ0v) is 14.6. The van der Waals surface area contributed by atoms with Gasteiger partial charge in [0.1, 0.15) is 0 Å². The van der Waals surface area contributed by atoms with E-state index in [2.05, 4.69) is 0 Å². The van der Waals surface area contributed by atoms with Crippen molar-refractivity contribution in [3.8, 4) is 0 Å². The quantitative estimate of drug-likeness (QED) is 0.848. The first-order valence-electron chi connectivity index (χ1n) is 8.21. The van der Waals surface area contributed by atoms with Crippen molar-refractivity contribution in [2.24, 2.45) is 5.41 Å². The molecule has 2 heterocycles. The van der Waals surface area contributed by atoms with E-state index >= 15 is 0 Å². The Hall–Kier alpha value is -1.40. The Kier molecular flexibility index (Phi) is 4.23. The van der Waals surface area contributed by atoms with E-state index in [1.807, 2.05) is 30.9 Å². The third-order valence-electron chi connectivity index (χ3n) is 5.28. The molecule has 3 rings (SSSR count). The zero-order chi connectivity index (χ0) is 16.7. The SMILES string of the molecule is CCN1CC2(CCN(S(=O)(=O)c3ccccc3C)CC2)CC1=O. The average Bonchev–Trinajstić information content (AvgIpc) is 2.83. The Labute approximate surface area is 138 Å². The molecule has 23 heavy (non-hydrogen) atoms. The number of piperidine rings is 1.